The molecule has 0 aromatic heterocycles. The average Bonchev–Trinajstić information content (AvgIpc) is 2.44. The molecular weight excluding hydrogens is 274 g/mol. The van der Waals surface area contributed by atoms with Crippen molar-refractivity contribution >= 4 is 8.80 Å². The lowest BCUT2D eigenvalue weighted by Gasteiger charge is -2.39. The van der Waals surface area contributed by atoms with Gasteiger partial charge in [0.25, 0.3) is 0 Å². The van der Waals surface area contributed by atoms with E-state index in [9.17, 15) is 0 Å². The molecule has 6 nitrogen and oxygen atoms in total. The predicted molar refractivity (Wildman–Crippen MR) is 84.6 cm³/mol. The van der Waals surface area contributed by atoms with Gasteiger partial charge in [-0.3, -0.25) is 0 Å². The second kappa shape index (κ2) is 11.6. The van der Waals surface area contributed by atoms with Crippen LogP contribution in [-0.4, -0.2) is 54.3 Å². The third kappa shape index (κ3) is 5.77. The third-order valence-corrected chi connectivity index (χ3v) is 7.01. The highest BCUT2D eigenvalue weighted by Crippen LogP contribution is 2.32. The standard InChI is InChI=1S/C13H33N3O3Si/c1-5-13(12(11-15)16-10-9-14)20(17-6-2,18-7-3)19-8-4/h12-13,16H,5-11,14-15H2,1-4H3. The molecule has 0 aliphatic carbocycles. The Balaban J connectivity index is 5.18. The summed E-state index contributed by atoms with van der Waals surface area (Å²) in [5, 5.41) is 3.40. The van der Waals surface area contributed by atoms with Gasteiger partial charge < -0.3 is 30.1 Å². The molecule has 122 valence electrons. The van der Waals surface area contributed by atoms with Crippen molar-refractivity contribution in [3.63, 3.8) is 0 Å². The summed E-state index contributed by atoms with van der Waals surface area (Å²) in [6.07, 6.45) is 0.895. The monoisotopic (exact) mass is 307 g/mol. The SMILES string of the molecule is CCO[Si](OCC)(OCC)C(CC)C(CN)NCCN. The largest absolute Gasteiger partial charge is 0.505 e. The van der Waals surface area contributed by atoms with Crippen LogP contribution in [0.4, 0.5) is 0 Å². The zero-order chi connectivity index (χ0) is 15.4. The van der Waals surface area contributed by atoms with Crippen LogP contribution < -0.4 is 16.8 Å². The highest BCUT2D eigenvalue weighted by molar-refractivity contribution is 6.62. The van der Waals surface area contributed by atoms with E-state index in [1.165, 1.54) is 0 Å². The second-order valence-electron chi connectivity index (χ2n) is 4.50. The molecule has 0 rings (SSSR count). The minimum Gasteiger partial charge on any atom is -0.374 e. The number of nitrogens with two attached hydrogens (primary N) is 2. The van der Waals surface area contributed by atoms with E-state index in [1.807, 2.05) is 20.8 Å². The van der Waals surface area contributed by atoms with Crippen molar-refractivity contribution < 1.29 is 13.3 Å². The van der Waals surface area contributed by atoms with Crippen LogP contribution >= 0.6 is 0 Å². The van der Waals surface area contributed by atoms with Crippen LogP contribution in [0.25, 0.3) is 0 Å². The van der Waals surface area contributed by atoms with E-state index in [2.05, 4.69) is 12.2 Å². The summed E-state index contributed by atoms with van der Waals surface area (Å²) in [4.78, 5) is 0. The normalized spacial score (nSPS) is 15.3. The van der Waals surface area contributed by atoms with Gasteiger partial charge in [-0.25, -0.2) is 0 Å². The molecule has 0 heterocycles. The summed E-state index contributed by atoms with van der Waals surface area (Å²) in [6, 6.07) is 0.0971. The van der Waals surface area contributed by atoms with Gasteiger partial charge in [0.15, 0.2) is 0 Å². The molecular formula is C13H33N3O3Si. The maximum atomic E-state index is 5.99. The smallest absolute Gasteiger partial charge is 0.374 e. The maximum absolute atomic E-state index is 5.99. The number of nitrogens with one attached hydrogen (secondary N) is 1. The van der Waals surface area contributed by atoms with Crippen LogP contribution in [0.15, 0.2) is 0 Å². The molecule has 0 spiro atoms. The Hall–Kier alpha value is -0.0231. The van der Waals surface area contributed by atoms with Crippen molar-refractivity contribution in [3.05, 3.63) is 0 Å². The molecule has 0 aliphatic rings. The molecule has 0 amide bonds. The van der Waals surface area contributed by atoms with E-state index in [-0.39, 0.29) is 11.6 Å². The third-order valence-electron chi connectivity index (χ3n) is 3.22. The van der Waals surface area contributed by atoms with E-state index < -0.39 is 8.80 Å². The fourth-order valence-electron chi connectivity index (χ4n) is 2.49. The Morgan fingerprint density at radius 3 is 1.75 bits per heavy atom. The van der Waals surface area contributed by atoms with Gasteiger partial charge in [0, 0.05) is 51.0 Å². The summed E-state index contributed by atoms with van der Waals surface area (Å²) in [7, 11) is -2.74. The first kappa shape index (κ1) is 20.0. The van der Waals surface area contributed by atoms with E-state index in [4.69, 9.17) is 24.7 Å². The molecule has 0 aromatic carbocycles. The summed E-state index contributed by atoms with van der Waals surface area (Å²) in [6.45, 7) is 11.6. The molecule has 0 saturated heterocycles. The summed E-state index contributed by atoms with van der Waals surface area (Å²) in [5.41, 5.74) is 11.6. The molecule has 0 saturated carbocycles. The van der Waals surface area contributed by atoms with Crippen molar-refractivity contribution in [2.75, 3.05) is 39.5 Å². The zero-order valence-electron chi connectivity index (χ0n) is 13.5. The van der Waals surface area contributed by atoms with Crippen molar-refractivity contribution in [1.29, 1.82) is 0 Å². The average molecular weight is 308 g/mol. The summed E-state index contributed by atoms with van der Waals surface area (Å²) >= 11 is 0. The first-order valence-electron chi connectivity index (χ1n) is 7.70. The lowest BCUT2D eigenvalue weighted by atomic mass is 10.1. The highest BCUT2D eigenvalue weighted by atomic mass is 28.4. The Labute approximate surface area is 124 Å². The lowest BCUT2D eigenvalue weighted by Crippen LogP contribution is -2.58. The Bertz CT molecular complexity index is 218. The van der Waals surface area contributed by atoms with Crippen LogP contribution in [0.3, 0.4) is 0 Å². The molecule has 0 fully saturated rings. The van der Waals surface area contributed by atoms with Crippen molar-refractivity contribution in [2.45, 2.75) is 45.7 Å². The lowest BCUT2D eigenvalue weighted by molar-refractivity contribution is 0.0558. The van der Waals surface area contributed by atoms with Gasteiger partial charge in [-0.1, -0.05) is 6.92 Å². The fraction of sp³-hybridized carbons (Fsp3) is 1.00. The van der Waals surface area contributed by atoms with Crippen LogP contribution in [0, 0.1) is 0 Å². The molecule has 0 bridgehead atoms. The second-order valence-corrected chi connectivity index (χ2v) is 7.32. The number of hydrogen-bond donors (Lipinski definition) is 3. The molecule has 5 N–H and O–H groups in total. The maximum Gasteiger partial charge on any atom is 0.505 e. The summed E-state index contributed by atoms with van der Waals surface area (Å²) < 4.78 is 18.0. The molecule has 0 aromatic rings. The van der Waals surface area contributed by atoms with E-state index in [0.29, 0.717) is 32.9 Å². The fourth-order valence-corrected chi connectivity index (χ4v) is 5.84. The zero-order valence-corrected chi connectivity index (χ0v) is 14.5. The molecule has 0 aliphatic heterocycles. The minimum atomic E-state index is -2.74. The predicted octanol–water partition coefficient (Wildman–Crippen LogP) is 0.691. The number of rotatable bonds is 13. The molecule has 20 heavy (non-hydrogen) atoms. The minimum absolute atomic E-state index is 0.0971. The summed E-state index contributed by atoms with van der Waals surface area (Å²) in [5.74, 6) is 0. The van der Waals surface area contributed by atoms with Crippen molar-refractivity contribution in [3.8, 4) is 0 Å². The molecule has 7 heteroatoms. The van der Waals surface area contributed by atoms with E-state index in [1.54, 1.807) is 0 Å². The van der Waals surface area contributed by atoms with Gasteiger partial charge in [0.1, 0.15) is 0 Å². The van der Waals surface area contributed by atoms with E-state index in [0.717, 1.165) is 13.0 Å². The van der Waals surface area contributed by atoms with E-state index >= 15 is 0 Å². The Kier molecular flexibility index (Phi) is 11.6. The molecule has 2 atom stereocenters. The Morgan fingerprint density at radius 1 is 0.950 bits per heavy atom. The van der Waals surface area contributed by atoms with Crippen LogP contribution in [0.5, 0.6) is 0 Å². The van der Waals surface area contributed by atoms with Gasteiger partial charge in [-0.05, 0) is 27.2 Å². The highest BCUT2D eigenvalue weighted by Gasteiger charge is 2.51. The van der Waals surface area contributed by atoms with Gasteiger partial charge in [-0.2, -0.15) is 0 Å². The van der Waals surface area contributed by atoms with Crippen LogP contribution in [-0.2, 0) is 13.3 Å². The quantitative estimate of drug-likeness (QED) is 0.434. The van der Waals surface area contributed by atoms with Gasteiger partial charge >= 0.3 is 8.80 Å². The Morgan fingerprint density at radius 2 is 1.45 bits per heavy atom. The van der Waals surface area contributed by atoms with Crippen molar-refractivity contribution in [2.24, 2.45) is 11.5 Å². The number of hydrogen-bond acceptors (Lipinski definition) is 6. The first-order chi connectivity index (χ1) is 9.65. The van der Waals surface area contributed by atoms with Crippen LogP contribution in [0.2, 0.25) is 5.54 Å². The molecule has 0 radical (unpaired) electrons. The van der Waals surface area contributed by atoms with Gasteiger partial charge in [0.05, 0.1) is 0 Å². The van der Waals surface area contributed by atoms with Gasteiger partial charge in [0.2, 0.25) is 0 Å². The van der Waals surface area contributed by atoms with Gasteiger partial charge in [-0.15, -0.1) is 0 Å². The van der Waals surface area contributed by atoms with Crippen molar-refractivity contribution in [1.82, 2.24) is 5.32 Å². The topological polar surface area (TPSA) is 91.8 Å². The van der Waals surface area contributed by atoms with Crippen LogP contribution in [0.1, 0.15) is 34.1 Å². The molecule has 2 unspecified atom stereocenters. The first-order valence-corrected chi connectivity index (χ1v) is 9.51.